The number of hydrogen-bond acceptors (Lipinski definition) is 2. The van der Waals surface area contributed by atoms with E-state index in [1.54, 1.807) is 0 Å². The van der Waals surface area contributed by atoms with Gasteiger partial charge in [-0.25, -0.2) is 0 Å². The van der Waals surface area contributed by atoms with Crippen LogP contribution in [0.4, 0.5) is 0 Å². The molecule has 0 saturated carbocycles. The van der Waals surface area contributed by atoms with Gasteiger partial charge in [0.15, 0.2) is 0 Å². The summed E-state index contributed by atoms with van der Waals surface area (Å²) in [6, 6.07) is 9.16. The molecule has 1 aromatic carbocycles. The molecule has 1 N–H and O–H groups in total. The van der Waals surface area contributed by atoms with Gasteiger partial charge in [-0.05, 0) is 35.9 Å². The first kappa shape index (κ1) is 15.5. The normalized spacial score (nSPS) is 23.2. The molecule has 1 aliphatic heterocycles. The Bertz CT molecular complexity index is 410. The van der Waals surface area contributed by atoms with Crippen LogP contribution in [0.3, 0.4) is 0 Å². The Labute approximate surface area is 123 Å². The topological polar surface area (TPSA) is 21.3 Å². The Morgan fingerprint density at radius 2 is 1.90 bits per heavy atom. The summed E-state index contributed by atoms with van der Waals surface area (Å²) in [6.07, 6.45) is 2.28. The van der Waals surface area contributed by atoms with Crippen LogP contribution in [0.15, 0.2) is 24.3 Å². The standard InChI is InChI=1S/C18H29NO/c1-5-19-13-18(10-11-20-14-18)12-15-6-8-16(9-7-15)17(2,3)4/h6-9,19H,5,10-14H2,1-4H3. The van der Waals surface area contributed by atoms with E-state index in [-0.39, 0.29) is 5.41 Å². The van der Waals surface area contributed by atoms with E-state index in [9.17, 15) is 0 Å². The Balaban J connectivity index is 2.07. The van der Waals surface area contributed by atoms with Gasteiger partial charge in [0.1, 0.15) is 0 Å². The van der Waals surface area contributed by atoms with Crippen LogP contribution in [0.5, 0.6) is 0 Å². The molecular formula is C18H29NO. The monoisotopic (exact) mass is 275 g/mol. The molecule has 2 nitrogen and oxygen atoms in total. The minimum atomic E-state index is 0.233. The van der Waals surface area contributed by atoms with E-state index in [0.717, 1.165) is 32.7 Å². The number of benzene rings is 1. The van der Waals surface area contributed by atoms with Crippen molar-refractivity contribution in [1.29, 1.82) is 0 Å². The molecule has 0 amide bonds. The summed E-state index contributed by atoms with van der Waals surface area (Å²) in [5.74, 6) is 0. The van der Waals surface area contributed by atoms with Gasteiger partial charge in [0.25, 0.3) is 0 Å². The third kappa shape index (κ3) is 3.83. The van der Waals surface area contributed by atoms with Crippen molar-refractivity contribution in [2.24, 2.45) is 5.41 Å². The second-order valence-electron chi connectivity index (χ2n) is 7.21. The van der Waals surface area contributed by atoms with Gasteiger partial charge in [-0.1, -0.05) is 52.0 Å². The molecule has 112 valence electrons. The maximum absolute atomic E-state index is 5.67. The zero-order chi connectivity index (χ0) is 14.6. The van der Waals surface area contributed by atoms with Gasteiger partial charge < -0.3 is 10.1 Å². The highest BCUT2D eigenvalue weighted by molar-refractivity contribution is 5.28. The summed E-state index contributed by atoms with van der Waals surface area (Å²) in [6.45, 7) is 12.8. The van der Waals surface area contributed by atoms with Gasteiger partial charge in [0, 0.05) is 18.6 Å². The average Bonchev–Trinajstić information content (AvgIpc) is 2.85. The van der Waals surface area contributed by atoms with Crippen molar-refractivity contribution < 1.29 is 4.74 Å². The number of nitrogens with one attached hydrogen (secondary N) is 1. The highest BCUT2D eigenvalue weighted by atomic mass is 16.5. The van der Waals surface area contributed by atoms with Crippen molar-refractivity contribution >= 4 is 0 Å². The maximum Gasteiger partial charge on any atom is 0.0538 e. The van der Waals surface area contributed by atoms with E-state index >= 15 is 0 Å². The molecule has 0 aliphatic carbocycles. The summed E-state index contributed by atoms with van der Waals surface area (Å²) >= 11 is 0. The molecule has 0 aromatic heterocycles. The summed E-state index contributed by atoms with van der Waals surface area (Å²) in [7, 11) is 0. The number of ether oxygens (including phenoxy) is 1. The van der Waals surface area contributed by atoms with E-state index in [1.165, 1.54) is 17.5 Å². The zero-order valence-electron chi connectivity index (χ0n) is 13.5. The Hall–Kier alpha value is -0.860. The molecule has 1 atom stereocenters. The molecule has 1 fully saturated rings. The highest BCUT2D eigenvalue weighted by Crippen LogP contribution is 2.33. The lowest BCUT2D eigenvalue weighted by Crippen LogP contribution is -2.36. The third-order valence-corrected chi connectivity index (χ3v) is 4.33. The van der Waals surface area contributed by atoms with Crippen molar-refractivity contribution in [2.75, 3.05) is 26.3 Å². The maximum atomic E-state index is 5.67. The van der Waals surface area contributed by atoms with Crippen LogP contribution in [0.1, 0.15) is 45.2 Å². The molecule has 1 aliphatic rings. The fourth-order valence-corrected chi connectivity index (χ4v) is 2.94. The molecule has 1 heterocycles. The fourth-order valence-electron chi connectivity index (χ4n) is 2.94. The minimum absolute atomic E-state index is 0.233. The number of hydrogen-bond donors (Lipinski definition) is 1. The van der Waals surface area contributed by atoms with Crippen molar-refractivity contribution in [3.05, 3.63) is 35.4 Å². The van der Waals surface area contributed by atoms with Crippen LogP contribution in [-0.4, -0.2) is 26.3 Å². The Kier molecular flexibility index (Phi) is 4.87. The molecule has 1 aromatic rings. The van der Waals surface area contributed by atoms with Crippen molar-refractivity contribution in [3.8, 4) is 0 Å². The SMILES string of the molecule is CCNCC1(Cc2ccc(C(C)(C)C)cc2)CCOC1. The Morgan fingerprint density at radius 1 is 1.20 bits per heavy atom. The Morgan fingerprint density at radius 3 is 2.40 bits per heavy atom. The van der Waals surface area contributed by atoms with Crippen LogP contribution >= 0.6 is 0 Å². The van der Waals surface area contributed by atoms with Gasteiger partial charge in [-0.3, -0.25) is 0 Å². The first-order valence-electron chi connectivity index (χ1n) is 7.83. The number of rotatable bonds is 5. The molecule has 20 heavy (non-hydrogen) atoms. The predicted molar refractivity (Wildman–Crippen MR) is 85.3 cm³/mol. The lowest BCUT2D eigenvalue weighted by Gasteiger charge is -2.28. The fraction of sp³-hybridized carbons (Fsp3) is 0.667. The van der Waals surface area contributed by atoms with E-state index in [2.05, 4.69) is 57.3 Å². The van der Waals surface area contributed by atoms with Gasteiger partial charge in [-0.15, -0.1) is 0 Å². The first-order chi connectivity index (χ1) is 9.45. The largest absolute Gasteiger partial charge is 0.381 e. The van der Waals surface area contributed by atoms with Crippen LogP contribution in [0, 0.1) is 5.41 Å². The molecule has 0 bridgehead atoms. The predicted octanol–water partition coefficient (Wildman–Crippen LogP) is 3.54. The average molecular weight is 275 g/mol. The molecular weight excluding hydrogens is 246 g/mol. The van der Waals surface area contributed by atoms with Gasteiger partial charge in [0.2, 0.25) is 0 Å². The molecule has 2 rings (SSSR count). The summed E-state index contributed by atoms with van der Waals surface area (Å²) in [5.41, 5.74) is 3.36. The minimum Gasteiger partial charge on any atom is -0.381 e. The van der Waals surface area contributed by atoms with Crippen molar-refractivity contribution in [1.82, 2.24) is 5.32 Å². The van der Waals surface area contributed by atoms with Crippen LogP contribution in [0.25, 0.3) is 0 Å². The summed E-state index contributed by atoms with van der Waals surface area (Å²) in [4.78, 5) is 0. The second kappa shape index (κ2) is 6.28. The van der Waals surface area contributed by atoms with E-state index in [4.69, 9.17) is 4.74 Å². The molecule has 0 radical (unpaired) electrons. The molecule has 0 spiro atoms. The van der Waals surface area contributed by atoms with Gasteiger partial charge in [0.05, 0.1) is 6.61 Å². The lowest BCUT2D eigenvalue weighted by atomic mass is 9.79. The van der Waals surface area contributed by atoms with E-state index in [1.807, 2.05) is 0 Å². The lowest BCUT2D eigenvalue weighted by molar-refractivity contribution is 0.149. The smallest absolute Gasteiger partial charge is 0.0538 e. The van der Waals surface area contributed by atoms with Crippen molar-refractivity contribution in [2.45, 2.75) is 46.0 Å². The van der Waals surface area contributed by atoms with Crippen molar-refractivity contribution in [3.63, 3.8) is 0 Å². The molecule has 2 heteroatoms. The first-order valence-corrected chi connectivity index (χ1v) is 7.83. The van der Waals surface area contributed by atoms with E-state index in [0.29, 0.717) is 5.41 Å². The van der Waals surface area contributed by atoms with Crippen LogP contribution in [0.2, 0.25) is 0 Å². The van der Waals surface area contributed by atoms with Gasteiger partial charge in [-0.2, -0.15) is 0 Å². The van der Waals surface area contributed by atoms with Crippen LogP contribution < -0.4 is 5.32 Å². The molecule has 1 unspecified atom stereocenters. The van der Waals surface area contributed by atoms with Crippen LogP contribution in [-0.2, 0) is 16.6 Å². The summed E-state index contributed by atoms with van der Waals surface area (Å²) in [5, 5.41) is 3.51. The zero-order valence-corrected chi connectivity index (χ0v) is 13.5. The van der Waals surface area contributed by atoms with Gasteiger partial charge >= 0.3 is 0 Å². The van der Waals surface area contributed by atoms with E-state index < -0.39 is 0 Å². The summed E-state index contributed by atoms with van der Waals surface area (Å²) < 4.78 is 5.67. The molecule has 1 saturated heterocycles. The quantitative estimate of drug-likeness (QED) is 0.887. The highest BCUT2D eigenvalue weighted by Gasteiger charge is 2.34. The second-order valence-corrected chi connectivity index (χ2v) is 7.21. The third-order valence-electron chi connectivity index (χ3n) is 4.33.